The van der Waals surface area contributed by atoms with E-state index in [1.807, 2.05) is 0 Å². The Hall–Kier alpha value is -6.72. The van der Waals surface area contributed by atoms with Gasteiger partial charge in [-0.15, -0.1) is 0 Å². The highest BCUT2D eigenvalue weighted by atomic mass is 16.4. The van der Waals surface area contributed by atoms with Crippen molar-refractivity contribution in [2.75, 3.05) is 52.5 Å². The summed E-state index contributed by atoms with van der Waals surface area (Å²) in [7, 11) is 0. The van der Waals surface area contributed by atoms with E-state index in [9.17, 15) is 73.2 Å². The first kappa shape index (κ1) is 56.6. The number of nitrogens with zero attached hydrogens (tertiary/aromatic N) is 3. The summed E-state index contributed by atoms with van der Waals surface area (Å²) in [5, 5.41) is 58.5. The van der Waals surface area contributed by atoms with Crippen molar-refractivity contribution in [2.24, 2.45) is 22.2 Å². The molecule has 3 aliphatic heterocycles. The summed E-state index contributed by atoms with van der Waals surface area (Å²) < 4.78 is 0. The van der Waals surface area contributed by atoms with Crippen LogP contribution in [0.1, 0.15) is 71.1 Å². The number of aliphatic imine (C=N–C) groups is 1. The zero-order chi connectivity index (χ0) is 51.4. The minimum absolute atomic E-state index is 0.000694. The maximum Gasteiger partial charge on any atom is 0.305 e. The maximum absolute atomic E-state index is 14.2. The molecular weight excluding hydrogens is 917 g/mol. The number of nitrogens with one attached hydrogen (secondary N) is 8. The normalized spacial score (nSPS) is 27.8. The van der Waals surface area contributed by atoms with Gasteiger partial charge >= 0.3 is 5.97 Å². The lowest BCUT2D eigenvalue weighted by Gasteiger charge is -2.31. The molecule has 29 heteroatoms. The zero-order valence-electron chi connectivity index (χ0n) is 38.3. The van der Waals surface area contributed by atoms with Gasteiger partial charge in [-0.2, -0.15) is 0 Å². The van der Waals surface area contributed by atoms with Crippen LogP contribution in [0, 0.1) is 0 Å². The first-order chi connectivity index (χ1) is 32.8. The molecule has 3 saturated heterocycles. The summed E-state index contributed by atoms with van der Waals surface area (Å²) >= 11 is 0. The lowest BCUT2D eigenvalue weighted by molar-refractivity contribution is -0.144. The van der Waals surface area contributed by atoms with Crippen molar-refractivity contribution in [1.82, 2.24) is 52.3 Å². The summed E-state index contributed by atoms with van der Waals surface area (Å²) in [6, 6.07) is -13.6. The summed E-state index contributed by atoms with van der Waals surface area (Å²) in [5.41, 5.74) is 16.5. The van der Waals surface area contributed by atoms with Gasteiger partial charge in [0.15, 0.2) is 5.96 Å². The Morgan fingerprint density at radius 1 is 0.594 bits per heavy atom. The Morgan fingerprint density at radius 2 is 1.07 bits per heavy atom. The van der Waals surface area contributed by atoms with E-state index in [4.69, 9.17) is 17.2 Å². The zero-order valence-corrected chi connectivity index (χ0v) is 38.3. The topological polar surface area (TPSA) is 462 Å². The molecule has 3 aliphatic rings. The van der Waals surface area contributed by atoms with Crippen molar-refractivity contribution in [2.45, 2.75) is 126 Å². The molecule has 10 amide bonds. The Labute approximate surface area is 396 Å². The standard InChI is InChI=1S/C40H66N14O15/c1-20-31(61)50-24(17-55)35(65)51-25(18-56)34(64)49-22(7-2-3-11-41)38(68)53-13-6-10-28(53)37(67)48-21(8-4-12-44-40(42)43)32(62)45-16-29(58)47-23(15-30(59)60)33(63)52-26(19-57)39(69)54-14-5-9-27(54)36(66)46-20/h20-28,55-57H,2-19,41H2,1H3,(H,45,62)(H,46,66)(H,47,58)(H,48,67)(H,49,64)(H,50,61)(H,51,65)(H,52,63)(H,59,60)(H4,42,43,44)/t20-,21-,22-,23-,24-,25-,26-,27-,28-/m0/s1. The fourth-order valence-corrected chi connectivity index (χ4v) is 7.78. The fraction of sp³-hybridized carbons (Fsp3) is 0.700. The van der Waals surface area contributed by atoms with Crippen LogP contribution >= 0.6 is 0 Å². The van der Waals surface area contributed by atoms with Crippen molar-refractivity contribution in [3.05, 3.63) is 0 Å². The number of unbranched alkanes of at least 4 members (excludes halogenated alkanes) is 1. The molecule has 0 spiro atoms. The molecular formula is C40H66N14O15. The number of carbonyl (C=O) groups is 11. The van der Waals surface area contributed by atoms with Gasteiger partial charge in [-0.05, 0) is 71.3 Å². The second-order valence-electron chi connectivity index (χ2n) is 16.6. The molecule has 3 rings (SSSR count). The van der Waals surface area contributed by atoms with E-state index in [0.29, 0.717) is 19.3 Å². The number of rotatable bonds is 13. The van der Waals surface area contributed by atoms with Crippen LogP contribution < -0.4 is 59.7 Å². The quantitative estimate of drug-likeness (QED) is 0.0463. The van der Waals surface area contributed by atoms with E-state index in [1.54, 1.807) is 0 Å². The van der Waals surface area contributed by atoms with E-state index in [2.05, 4.69) is 47.5 Å². The molecule has 386 valence electrons. The van der Waals surface area contributed by atoms with Gasteiger partial charge in [0.05, 0.1) is 32.8 Å². The SMILES string of the molecule is C[C@@H]1NC(=O)[C@@H]2CCCN2C(=O)[C@H](CO)NC(=O)[C@H](CC(=O)O)NC(=O)CNC(=O)[C@H](CCCN=C(N)N)NC(=O)[C@@H]2CCCN2C(=O)[C@H](CCCCN)NC(=O)[C@H](CO)NC(=O)[C@H](CO)NC1=O. The average Bonchev–Trinajstić information content (AvgIpc) is 4.01. The van der Waals surface area contributed by atoms with Crippen LogP contribution in [0.25, 0.3) is 0 Å². The molecule has 9 atom stereocenters. The van der Waals surface area contributed by atoms with E-state index in [1.165, 1.54) is 11.8 Å². The largest absolute Gasteiger partial charge is 0.481 e. The van der Waals surface area contributed by atoms with Gasteiger partial charge in [0.1, 0.15) is 54.4 Å². The monoisotopic (exact) mass is 982 g/mol. The van der Waals surface area contributed by atoms with Gasteiger partial charge in [0.2, 0.25) is 59.1 Å². The lowest BCUT2D eigenvalue weighted by Crippen LogP contribution is -2.61. The summed E-state index contributed by atoms with van der Waals surface area (Å²) in [6.45, 7) is -2.49. The van der Waals surface area contributed by atoms with Crippen LogP contribution in [0.4, 0.5) is 0 Å². The third-order valence-corrected chi connectivity index (χ3v) is 11.5. The van der Waals surface area contributed by atoms with Gasteiger partial charge in [-0.25, -0.2) is 0 Å². The molecule has 0 aromatic rings. The Kier molecular flexibility index (Phi) is 22.9. The van der Waals surface area contributed by atoms with E-state index in [-0.39, 0.29) is 70.7 Å². The van der Waals surface area contributed by atoms with Gasteiger partial charge in [0.25, 0.3) is 0 Å². The second-order valence-corrected chi connectivity index (χ2v) is 16.6. The van der Waals surface area contributed by atoms with Crippen molar-refractivity contribution in [3.63, 3.8) is 0 Å². The first-order valence-electron chi connectivity index (χ1n) is 22.6. The number of guanidine groups is 1. The Morgan fingerprint density at radius 3 is 1.61 bits per heavy atom. The Bertz CT molecular complexity index is 1920. The predicted octanol–water partition coefficient (Wildman–Crippen LogP) is -8.85. The number of aliphatic hydroxyl groups is 3. The number of hydrogen-bond donors (Lipinski definition) is 15. The van der Waals surface area contributed by atoms with Crippen molar-refractivity contribution in [1.29, 1.82) is 0 Å². The third kappa shape index (κ3) is 17.1. The summed E-state index contributed by atoms with van der Waals surface area (Å²) in [4.78, 5) is 153. The minimum Gasteiger partial charge on any atom is -0.481 e. The molecule has 0 aromatic carbocycles. The minimum atomic E-state index is -1.87. The van der Waals surface area contributed by atoms with Crippen LogP contribution in [0.2, 0.25) is 0 Å². The van der Waals surface area contributed by atoms with Crippen LogP contribution in [0.3, 0.4) is 0 Å². The molecule has 0 radical (unpaired) electrons. The van der Waals surface area contributed by atoms with E-state index in [0.717, 1.165) is 4.90 Å². The average molecular weight is 983 g/mol. The maximum atomic E-state index is 14.2. The van der Waals surface area contributed by atoms with Crippen LogP contribution in [0.5, 0.6) is 0 Å². The number of fused-ring (bicyclic) bond motifs is 2. The first-order valence-corrected chi connectivity index (χ1v) is 22.6. The highest BCUT2D eigenvalue weighted by Gasteiger charge is 2.41. The number of aliphatic hydroxyl groups excluding tert-OH is 3. The van der Waals surface area contributed by atoms with Gasteiger partial charge in [-0.1, -0.05) is 0 Å². The number of carboxylic acid groups (broad SMARTS) is 1. The number of carboxylic acids is 1. The van der Waals surface area contributed by atoms with Crippen LogP contribution in [0.15, 0.2) is 4.99 Å². The highest BCUT2D eigenvalue weighted by molar-refractivity contribution is 5.99. The smallest absolute Gasteiger partial charge is 0.305 e. The summed E-state index contributed by atoms with van der Waals surface area (Å²) in [5.74, 6) is -11.6. The predicted molar refractivity (Wildman–Crippen MR) is 238 cm³/mol. The molecule has 18 N–H and O–H groups in total. The molecule has 0 saturated carbocycles. The number of hydrogen-bond acceptors (Lipinski definition) is 16. The Balaban J connectivity index is 2.01. The number of nitrogens with two attached hydrogens (primary N) is 3. The van der Waals surface area contributed by atoms with Gasteiger partial charge in [0, 0.05) is 19.6 Å². The molecule has 0 aliphatic carbocycles. The van der Waals surface area contributed by atoms with Crippen LogP contribution in [-0.2, 0) is 52.7 Å². The van der Waals surface area contributed by atoms with Crippen molar-refractivity contribution >= 4 is 71.0 Å². The van der Waals surface area contributed by atoms with Crippen molar-refractivity contribution in [3.8, 4) is 0 Å². The van der Waals surface area contributed by atoms with E-state index < -0.39 is 152 Å². The second kappa shape index (κ2) is 27.9. The molecule has 3 heterocycles. The third-order valence-electron chi connectivity index (χ3n) is 11.5. The van der Waals surface area contributed by atoms with Gasteiger partial charge in [-0.3, -0.25) is 57.7 Å². The lowest BCUT2D eigenvalue weighted by atomic mass is 10.1. The molecule has 0 unspecified atom stereocenters. The van der Waals surface area contributed by atoms with Gasteiger partial charge < -0.3 is 90.0 Å². The van der Waals surface area contributed by atoms with Crippen LogP contribution in [-0.4, -0.2) is 208 Å². The number of amides is 10. The number of carbonyl (C=O) groups excluding carboxylic acids is 10. The van der Waals surface area contributed by atoms with E-state index >= 15 is 0 Å². The molecule has 3 fully saturated rings. The molecule has 69 heavy (non-hydrogen) atoms. The van der Waals surface area contributed by atoms with Crippen molar-refractivity contribution < 1.29 is 73.2 Å². The fourth-order valence-electron chi connectivity index (χ4n) is 7.78. The molecule has 29 nitrogen and oxygen atoms in total. The summed E-state index contributed by atoms with van der Waals surface area (Å²) in [6.07, 6.45) is 0.474. The molecule has 0 aromatic heterocycles. The highest BCUT2D eigenvalue weighted by Crippen LogP contribution is 2.21. The molecule has 0 bridgehead atoms. The number of aliphatic carboxylic acids is 1.